The number of hydrogen-bond donors (Lipinski definition) is 2. The SMILES string of the molecule is C=CC(=O)NC1CC(C(=O)N(C)C)CCC1Nc1ncc2cc(-c3c(Cl)c(OC)cc(OC)c3Cl)ccc2n1. The van der Waals surface area contributed by atoms with Crippen molar-refractivity contribution in [1.82, 2.24) is 20.2 Å². The lowest BCUT2D eigenvalue weighted by Gasteiger charge is -2.37. The summed E-state index contributed by atoms with van der Waals surface area (Å²) in [6.07, 6.45) is 4.82. The molecular formula is C28H31Cl2N5O4. The smallest absolute Gasteiger partial charge is 0.243 e. The summed E-state index contributed by atoms with van der Waals surface area (Å²) in [6, 6.07) is 6.84. The van der Waals surface area contributed by atoms with Gasteiger partial charge in [-0.1, -0.05) is 35.8 Å². The van der Waals surface area contributed by atoms with Crippen LogP contribution in [-0.2, 0) is 9.59 Å². The molecule has 0 radical (unpaired) electrons. The molecule has 1 saturated carbocycles. The van der Waals surface area contributed by atoms with E-state index in [-0.39, 0.29) is 29.8 Å². The molecule has 1 aliphatic rings. The zero-order valence-electron chi connectivity index (χ0n) is 22.3. The molecule has 206 valence electrons. The molecule has 2 amide bonds. The first-order valence-corrected chi connectivity index (χ1v) is 13.2. The lowest BCUT2D eigenvalue weighted by Crippen LogP contribution is -2.52. The van der Waals surface area contributed by atoms with Crippen molar-refractivity contribution >= 4 is 51.9 Å². The Hall–Kier alpha value is -3.56. The maximum absolute atomic E-state index is 12.6. The van der Waals surface area contributed by atoms with Crippen molar-refractivity contribution in [3.8, 4) is 22.6 Å². The minimum Gasteiger partial charge on any atom is -0.495 e. The Bertz CT molecular complexity index is 1390. The molecule has 0 saturated heterocycles. The average Bonchev–Trinajstić information content (AvgIpc) is 2.93. The van der Waals surface area contributed by atoms with Gasteiger partial charge < -0.3 is 25.0 Å². The summed E-state index contributed by atoms with van der Waals surface area (Å²) >= 11 is 13.2. The van der Waals surface area contributed by atoms with Gasteiger partial charge in [0.2, 0.25) is 17.8 Å². The average molecular weight is 572 g/mol. The molecule has 39 heavy (non-hydrogen) atoms. The van der Waals surface area contributed by atoms with E-state index in [0.29, 0.717) is 57.8 Å². The van der Waals surface area contributed by atoms with Crippen molar-refractivity contribution in [2.45, 2.75) is 31.3 Å². The van der Waals surface area contributed by atoms with E-state index < -0.39 is 0 Å². The first-order chi connectivity index (χ1) is 18.7. The Labute approximate surface area is 237 Å². The number of nitrogens with one attached hydrogen (secondary N) is 2. The molecule has 4 rings (SSSR count). The fourth-order valence-electron chi connectivity index (χ4n) is 4.90. The highest BCUT2D eigenvalue weighted by molar-refractivity contribution is 6.41. The van der Waals surface area contributed by atoms with E-state index in [2.05, 4.69) is 27.2 Å². The van der Waals surface area contributed by atoms with Crippen LogP contribution in [0.3, 0.4) is 0 Å². The number of anilines is 1. The number of amides is 2. The van der Waals surface area contributed by atoms with E-state index in [1.807, 2.05) is 18.2 Å². The number of carbonyl (C=O) groups is 2. The third-order valence-electron chi connectivity index (χ3n) is 6.91. The van der Waals surface area contributed by atoms with E-state index in [1.165, 1.54) is 20.3 Å². The van der Waals surface area contributed by atoms with E-state index in [0.717, 1.165) is 10.9 Å². The highest BCUT2D eigenvalue weighted by Gasteiger charge is 2.35. The van der Waals surface area contributed by atoms with Crippen molar-refractivity contribution in [1.29, 1.82) is 0 Å². The Kier molecular flexibility index (Phi) is 8.82. The largest absolute Gasteiger partial charge is 0.495 e. The molecule has 0 aliphatic heterocycles. The third kappa shape index (κ3) is 6.04. The van der Waals surface area contributed by atoms with E-state index in [4.69, 9.17) is 32.7 Å². The van der Waals surface area contributed by atoms with E-state index in [1.54, 1.807) is 31.3 Å². The van der Waals surface area contributed by atoms with Gasteiger partial charge in [0.1, 0.15) is 11.5 Å². The van der Waals surface area contributed by atoms with Crippen LogP contribution in [0.25, 0.3) is 22.0 Å². The Morgan fingerprint density at radius 1 is 1.08 bits per heavy atom. The number of ether oxygens (including phenoxy) is 2. The van der Waals surface area contributed by atoms with Crippen molar-refractivity contribution in [2.75, 3.05) is 33.6 Å². The number of halogens is 2. The molecule has 11 heteroatoms. The standard InChI is InChI=1S/C28H31Cl2N5O4/c1-6-23(36)32-20-12-16(27(37)35(2)3)8-10-19(20)34-28-31-14-17-11-15(7-9-18(17)33-28)24-25(29)21(38-4)13-22(39-5)26(24)30/h6-7,9,11,13-14,16,19-20H,1,8,10,12H2,2-5H3,(H,32,36)(H,31,33,34). The van der Waals surface area contributed by atoms with E-state index in [9.17, 15) is 9.59 Å². The molecule has 3 unspecified atom stereocenters. The summed E-state index contributed by atoms with van der Waals surface area (Å²) < 4.78 is 10.8. The molecule has 2 N–H and O–H groups in total. The highest BCUT2D eigenvalue weighted by Crippen LogP contribution is 2.46. The normalized spacial score (nSPS) is 18.8. The van der Waals surface area contributed by atoms with Crippen LogP contribution in [0.5, 0.6) is 11.5 Å². The van der Waals surface area contributed by atoms with E-state index >= 15 is 0 Å². The maximum Gasteiger partial charge on any atom is 0.243 e. The summed E-state index contributed by atoms with van der Waals surface area (Å²) in [4.78, 5) is 35.5. The molecular weight excluding hydrogens is 541 g/mol. The quantitative estimate of drug-likeness (QED) is 0.368. The first-order valence-electron chi connectivity index (χ1n) is 12.4. The van der Waals surface area contributed by atoms with Crippen LogP contribution in [0, 0.1) is 5.92 Å². The second kappa shape index (κ2) is 12.1. The Morgan fingerprint density at radius 2 is 1.77 bits per heavy atom. The van der Waals surface area contributed by atoms with Crippen LogP contribution in [0.2, 0.25) is 10.0 Å². The minimum atomic E-state index is -0.289. The number of nitrogens with zero attached hydrogens (tertiary/aromatic N) is 3. The molecule has 1 aromatic heterocycles. The fraction of sp³-hybridized carbons (Fsp3) is 0.357. The molecule has 0 spiro atoms. The predicted octanol–water partition coefficient (Wildman–Crippen LogP) is 4.96. The van der Waals surface area contributed by atoms with Crippen LogP contribution < -0.4 is 20.1 Å². The lowest BCUT2D eigenvalue weighted by atomic mass is 9.81. The molecule has 0 bridgehead atoms. The number of fused-ring (bicyclic) bond motifs is 1. The Morgan fingerprint density at radius 3 is 2.38 bits per heavy atom. The van der Waals surface area contributed by atoms with Crippen LogP contribution in [0.1, 0.15) is 19.3 Å². The van der Waals surface area contributed by atoms with Crippen LogP contribution in [0.15, 0.2) is 43.1 Å². The molecule has 2 aromatic carbocycles. The van der Waals surface area contributed by atoms with Crippen LogP contribution >= 0.6 is 23.2 Å². The minimum absolute atomic E-state index is 0.0536. The van der Waals surface area contributed by atoms with Crippen molar-refractivity contribution in [2.24, 2.45) is 5.92 Å². The van der Waals surface area contributed by atoms with Crippen molar-refractivity contribution in [3.63, 3.8) is 0 Å². The van der Waals surface area contributed by atoms with Gasteiger partial charge in [-0.05, 0) is 43.0 Å². The summed E-state index contributed by atoms with van der Waals surface area (Å²) in [5.41, 5.74) is 2.06. The predicted molar refractivity (Wildman–Crippen MR) is 154 cm³/mol. The maximum atomic E-state index is 12.6. The van der Waals surface area contributed by atoms with Gasteiger partial charge in [-0.25, -0.2) is 9.97 Å². The monoisotopic (exact) mass is 571 g/mol. The van der Waals surface area contributed by atoms with Gasteiger partial charge in [-0.2, -0.15) is 0 Å². The van der Waals surface area contributed by atoms with Gasteiger partial charge >= 0.3 is 0 Å². The van der Waals surface area contributed by atoms with Gasteiger partial charge in [0.15, 0.2) is 0 Å². The van der Waals surface area contributed by atoms with Crippen molar-refractivity contribution < 1.29 is 19.1 Å². The summed E-state index contributed by atoms with van der Waals surface area (Å²) in [5.74, 6) is 0.918. The van der Waals surface area contributed by atoms with Crippen molar-refractivity contribution in [3.05, 3.63) is 53.2 Å². The summed E-state index contributed by atoms with van der Waals surface area (Å²) in [5, 5.41) is 7.86. The van der Waals surface area contributed by atoms with Gasteiger partial charge in [-0.15, -0.1) is 0 Å². The first kappa shape index (κ1) is 28.4. The molecule has 9 nitrogen and oxygen atoms in total. The summed E-state index contributed by atoms with van der Waals surface area (Å²) in [7, 11) is 6.54. The molecule has 3 aromatic rings. The number of carbonyl (C=O) groups excluding carboxylic acids is 2. The number of hydrogen-bond acceptors (Lipinski definition) is 7. The van der Waals surface area contributed by atoms with Gasteiger partial charge in [-0.3, -0.25) is 9.59 Å². The van der Waals surface area contributed by atoms with Gasteiger partial charge in [0.05, 0.1) is 35.8 Å². The summed E-state index contributed by atoms with van der Waals surface area (Å²) in [6.45, 7) is 3.55. The number of benzene rings is 2. The highest BCUT2D eigenvalue weighted by atomic mass is 35.5. The molecule has 3 atom stereocenters. The fourth-order valence-corrected chi connectivity index (χ4v) is 5.62. The number of methoxy groups -OCH3 is 2. The molecule has 1 aliphatic carbocycles. The van der Waals surface area contributed by atoms with Crippen LogP contribution in [0.4, 0.5) is 5.95 Å². The zero-order valence-corrected chi connectivity index (χ0v) is 23.8. The zero-order chi connectivity index (χ0) is 28.3. The molecule has 1 heterocycles. The van der Waals surface area contributed by atoms with Crippen LogP contribution in [-0.4, -0.2) is 67.1 Å². The van der Waals surface area contributed by atoms with Gasteiger partial charge in [0.25, 0.3) is 0 Å². The molecule has 1 fully saturated rings. The second-order valence-electron chi connectivity index (χ2n) is 9.56. The van der Waals surface area contributed by atoms with Gasteiger partial charge in [0, 0.05) is 49.3 Å². The number of aromatic nitrogens is 2. The third-order valence-corrected chi connectivity index (χ3v) is 7.66. The second-order valence-corrected chi connectivity index (χ2v) is 10.3. The Balaban J connectivity index is 1.60. The lowest BCUT2D eigenvalue weighted by molar-refractivity contribution is -0.134. The topological polar surface area (TPSA) is 106 Å². The number of rotatable bonds is 8.